The van der Waals surface area contributed by atoms with E-state index in [0.717, 1.165) is 43.2 Å². The Morgan fingerprint density at radius 1 is 1.14 bits per heavy atom. The van der Waals surface area contributed by atoms with Gasteiger partial charge in [0.25, 0.3) is 0 Å². The zero-order chi connectivity index (χ0) is 19.8. The number of benzene rings is 2. The molecular weight excluding hydrogens is 372 g/mol. The van der Waals surface area contributed by atoms with Crippen molar-refractivity contribution < 1.29 is 14.2 Å². The van der Waals surface area contributed by atoms with Gasteiger partial charge in [0.15, 0.2) is 5.11 Å². The summed E-state index contributed by atoms with van der Waals surface area (Å²) in [5.74, 6) is 1.71. The maximum absolute atomic E-state index is 5.84. The minimum absolute atomic E-state index is 0.221. The van der Waals surface area contributed by atoms with E-state index in [1.165, 1.54) is 5.56 Å². The molecule has 1 aliphatic rings. The Labute approximate surface area is 172 Å². The molecule has 1 heterocycles. The Morgan fingerprint density at radius 3 is 2.46 bits per heavy atom. The van der Waals surface area contributed by atoms with Crippen LogP contribution in [0.5, 0.6) is 11.5 Å². The first-order chi connectivity index (χ1) is 13.7. The van der Waals surface area contributed by atoms with Crippen LogP contribution in [0.2, 0.25) is 0 Å². The lowest BCUT2D eigenvalue weighted by molar-refractivity contribution is 0.0905. The van der Waals surface area contributed by atoms with E-state index < -0.39 is 0 Å². The molecule has 1 saturated heterocycles. The summed E-state index contributed by atoms with van der Waals surface area (Å²) >= 11 is 5.73. The van der Waals surface area contributed by atoms with E-state index in [4.69, 9.17) is 26.4 Å². The van der Waals surface area contributed by atoms with E-state index >= 15 is 0 Å². The van der Waals surface area contributed by atoms with Crippen molar-refractivity contribution in [1.29, 1.82) is 0 Å². The molecule has 6 heteroatoms. The largest absolute Gasteiger partial charge is 0.497 e. The SMILES string of the molecule is CCOc1ccc(NC(=S)N(Cc2ccc(OC)cc2)CC2CCCO2)cc1. The van der Waals surface area contributed by atoms with Crippen LogP contribution in [-0.4, -0.2) is 43.0 Å². The Bertz CT molecular complexity index is 743. The quantitative estimate of drug-likeness (QED) is 0.660. The second-order valence-electron chi connectivity index (χ2n) is 6.75. The molecule has 28 heavy (non-hydrogen) atoms. The second-order valence-corrected chi connectivity index (χ2v) is 7.14. The summed E-state index contributed by atoms with van der Waals surface area (Å²) in [4.78, 5) is 2.17. The number of anilines is 1. The predicted octanol–water partition coefficient (Wildman–Crippen LogP) is 4.47. The number of ether oxygens (including phenoxy) is 3. The molecule has 0 saturated carbocycles. The van der Waals surface area contributed by atoms with Gasteiger partial charge in [-0.1, -0.05) is 12.1 Å². The number of hydrogen-bond acceptors (Lipinski definition) is 4. The molecule has 0 aliphatic carbocycles. The molecule has 1 N–H and O–H groups in total. The van der Waals surface area contributed by atoms with Gasteiger partial charge in [0, 0.05) is 25.4 Å². The zero-order valence-corrected chi connectivity index (χ0v) is 17.3. The summed E-state index contributed by atoms with van der Waals surface area (Å²) < 4.78 is 16.6. The van der Waals surface area contributed by atoms with Crippen LogP contribution in [0.15, 0.2) is 48.5 Å². The lowest BCUT2D eigenvalue weighted by Crippen LogP contribution is -2.39. The second kappa shape index (κ2) is 10.3. The van der Waals surface area contributed by atoms with Gasteiger partial charge in [-0.15, -0.1) is 0 Å². The minimum Gasteiger partial charge on any atom is -0.497 e. The number of thiocarbonyl (C=S) groups is 1. The number of hydrogen-bond donors (Lipinski definition) is 1. The molecule has 3 rings (SSSR count). The molecule has 0 spiro atoms. The van der Waals surface area contributed by atoms with E-state index in [1.54, 1.807) is 7.11 Å². The molecule has 0 aromatic heterocycles. The van der Waals surface area contributed by atoms with Crippen LogP contribution >= 0.6 is 12.2 Å². The molecule has 0 bridgehead atoms. The van der Waals surface area contributed by atoms with Crippen LogP contribution in [0, 0.1) is 0 Å². The Hall–Kier alpha value is -2.31. The minimum atomic E-state index is 0.221. The molecular formula is C22H28N2O3S. The molecule has 5 nitrogen and oxygen atoms in total. The van der Waals surface area contributed by atoms with Gasteiger partial charge in [0.2, 0.25) is 0 Å². The molecule has 150 valence electrons. The highest BCUT2D eigenvalue weighted by molar-refractivity contribution is 7.80. The summed E-state index contributed by atoms with van der Waals surface area (Å²) in [6.07, 6.45) is 2.41. The normalized spacial score (nSPS) is 15.9. The number of rotatable bonds is 8. The maximum atomic E-state index is 5.84. The van der Waals surface area contributed by atoms with E-state index in [2.05, 4.69) is 22.3 Å². The van der Waals surface area contributed by atoms with E-state index in [-0.39, 0.29) is 6.10 Å². The third kappa shape index (κ3) is 5.84. The third-order valence-corrected chi connectivity index (χ3v) is 5.04. The first kappa shape index (κ1) is 20.4. The fourth-order valence-corrected chi connectivity index (χ4v) is 3.47. The molecule has 1 atom stereocenters. The lowest BCUT2D eigenvalue weighted by Gasteiger charge is -2.28. The van der Waals surface area contributed by atoms with Gasteiger partial charge in [0.05, 0.1) is 19.8 Å². The highest BCUT2D eigenvalue weighted by atomic mass is 32.1. The molecule has 1 fully saturated rings. The molecule has 0 amide bonds. The van der Waals surface area contributed by atoms with E-state index in [0.29, 0.717) is 18.3 Å². The van der Waals surface area contributed by atoms with Crippen LogP contribution in [0.3, 0.4) is 0 Å². The standard InChI is InChI=1S/C22H28N2O3S/c1-3-26-20-12-8-18(9-13-20)23-22(28)24(16-21-5-4-14-27-21)15-17-6-10-19(25-2)11-7-17/h6-13,21H,3-5,14-16H2,1-2H3,(H,23,28). The summed E-state index contributed by atoms with van der Waals surface area (Å²) in [6.45, 7) is 4.95. The van der Waals surface area contributed by atoms with Crippen molar-refractivity contribution in [2.45, 2.75) is 32.4 Å². The van der Waals surface area contributed by atoms with Crippen molar-refractivity contribution in [3.8, 4) is 11.5 Å². The van der Waals surface area contributed by atoms with Crippen LogP contribution in [-0.2, 0) is 11.3 Å². The summed E-state index contributed by atoms with van der Waals surface area (Å²) in [5, 5.41) is 4.04. The Morgan fingerprint density at radius 2 is 1.86 bits per heavy atom. The smallest absolute Gasteiger partial charge is 0.173 e. The lowest BCUT2D eigenvalue weighted by atomic mass is 10.2. The zero-order valence-electron chi connectivity index (χ0n) is 16.5. The number of nitrogens with one attached hydrogen (secondary N) is 1. The van der Waals surface area contributed by atoms with Gasteiger partial charge in [-0.3, -0.25) is 0 Å². The predicted molar refractivity (Wildman–Crippen MR) is 116 cm³/mol. The van der Waals surface area contributed by atoms with Gasteiger partial charge in [-0.2, -0.15) is 0 Å². The van der Waals surface area contributed by atoms with Crippen LogP contribution in [0.25, 0.3) is 0 Å². The van der Waals surface area contributed by atoms with E-state index in [1.807, 2.05) is 43.3 Å². The van der Waals surface area contributed by atoms with Crippen molar-refractivity contribution in [2.24, 2.45) is 0 Å². The maximum Gasteiger partial charge on any atom is 0.173 e. The molecule has 0 radical (unpaired) electrons. The van der Waals surface area contributed by atoms with Crippen molar-refractivity contribution in [2.75, 3.05) is 32.2 Å². The van der Waals surface area contributed by atoms with Gasteiger partial charge in [-0.25, -0.2) is 0 Å². The van der Waals surface area contributed by atoms with E-state index in [9.17, 15) is 0 Å². The fourth-order valence-electron chi connectivity index (χ4n) is 3.21. The average Bonchev–Trinajstić information content (AvgIpc) is 3.23. The van der Waals surface area contributed by atoms with Gasteiger partial charge in [-0.05, 0) is 73.9 Å². The summed E-state index contributed by atoms with van der Waals surface area (Å²) in [6, 6.07) is 15.9. The van der Waals surface area contributed by atoms with Crippen molar-refractivity contribution in [3.05, 3.63) is 54.1 Å². The van der Waals surface area contributed by atoms with Gasteiger partial charge < -0.3 is 24.4 Å². The summed E-state index contributed by atoms with van der Waals surface area (Å²) in [5.41, 5.74) is 2.12. The first-order valence-corrected chi connectivity index (χ1v) is 10.1. The monoisotopic (exact) mass is 400 g/mol. The van der Waals surface area contributed by atoms with Crippen LogP contribution in [0.4, 0.5) is 5.69 Å². The summed E-state index contributed by atoms with van der Waals surface area (Å²) in [7, 11) is 1.68. The average molecular weight is 401 g/mol. The first-order valence-electron chi connectivity index (χ1n) is 9.71. The third-order valence-electron chi connectivity index (χ3n) is 4.68. The van der Waals surface area contributed by atoms with Crippen LogP contribution in [0.1, 0.15) is 25.3 Å². The van der Waals surface area contributed by atoms with Crippen molar-refractivity contribution >= 4 is 23.0 Å². The molecule has 1 unspecified atom stereocenters. The Kier molecular flexibility index (Phi) is 7.51. The van der Waals surface area contributed by atoms with Crippen molar-refractivity contribution in [3.63, 3.8) is 0 Å². The highest BCUT2D eigenvalue weighted by Gasteiger charge is 2.21. The molecule has 2 aromatic rings. The fraction of sp³-hybridized carbons (Fsp3) is 0.409. The number of nitrogens with zero attached hydrogens (tertiary/aromatic N) is 1. The Balaban J connectivity index is 1.67. The highest BCUT2D eigenvalue weighted by Crippen LogP contribution is 2.20. The van der Waals surface area contributed by atoms with Crippen LogP contribution < -0.4 is 14.8 Å². The van der Waals surface area contributed by atoms with Crippen molar-refractivity contribution in [1.82, 2.24) is 4.90 Å². The molecule has 2 aromatic carbocycles. The topological polar surface area (TPSA) is 43.0 Å². The molecule has 1 aliphatic heterocycles. The number of methoxy groups -OCH3 is 1. The van der Waals surface area contributed by atoms with Gasteiger partial charge in [0.1, 0.15) is 11.5 Å². The van der Waals surface area contributed by atoms with Gasteiger partial charge >= 0.3 is 0 Å².